The normalized spacial score (nSPS) is 9.76. The maximum Gasteiger partial charge on any atom is 0.310 e. The molecule has 5 heteroatoms. The Kier molecular flexibility index (Phi) is 5.49. The molecule has 1 aromatic rings. The molecule has 0 spiro atoms. The van der Waals surface area contributed by atoms with Crippen molar-refractivity contribution in [1.82, 2.24) is 5.32 Å². The van der Waals surface area contributed by atoms with E-state index in [9.17, 15) is 9.59 Å². The lowest BCUT2D eigenvalue weighted by Crippen LogP contribution is -2.25. The van der Waals surface area contributed by atoms with Gasteiger partial charge in [0.15, 0.2) is 0 Å². The third kappa shape index (κ3) is 5.92. The van der Waals surface area contributed by atoms with Crippen LogP contribution in [0.15, 0.2) is 24.3 Å². The summed E-state index contributed by atoms with van der Waals surface area (Å²) in [4.78, 5) is 21.9. The average molecular weight is 256 g/mol. The van der Waals surface area contributed by atoms with Gasteiger partial charge in [0.25, 0.3) is 0 Å². The molecular formula is C12H14ClNO3. The highest BCUT2D eigenvalue weighted by molar-refractivity contribution is 6.30. The van der Waals surface area contributed by atoms with Crippen molar-refractivity contribution in [2.45, 2.75) is 13.3 Å². The Morgan fingerprint density at radius 3 is 2.53 bits per heavy atom. The summed E-state index contributed by atoms with van der Waals surface area (Å²) in [6, 6.07) is 7.00. The fourth-order valence-corrected chi connectivity index (χ4v) is 1.34. The minimum absolute atomic E-state index is 0.140. The Labute approximate surface area is 105 Å². The Morgan fingerprint density at radius 2 is 1.94 bits per heavy atom. The lowest BCUT2D eigenvalue weighted by atomic mass is 10.2. The number of halogens is 1. The number of amides is 1. The lowest BCUT2D eigenvalue weighted by Gasteiger charge is -2.05. The highest BCUT2D eigenvalue weighted by Crippen LogP contribution is 2.10. The van der Waals surface area contributed by atoms with Crippen LogP contribution in [0, 0.1) is 0 Å². The number of hydrogen-bond acceptors (Lipinski definition) is 3. The van der Waals surface area contributed by atoms with Gasteiger partial charge in [-0.3, -0.25) is 9.59 Å². The first-order valence-electron chi connectivity index (χ1n) is 5.22. The van der Waals surface area contributed by atoms with Gasteiger partial charge in [0.2, 0.25) is 5.91 Å². The number of rotatable bonds is 5. The topological polar surface area (TPSA) is 55.4 Å². The molecule has 0 atom stereocenters. The zero-order valence-electron chi connectivity index (χ0n) is 9.53. The monoisotopic (exact) mass is 255 g/mol. The Hall–Kier alpha value is -1.55. The zero-order chi connectivity index (χ0) is 12.7. The molecule has 1 aromatic carbocycles. The van der Waals surface area contributed by atoms with Crippen LogP contribution in [0.5, 0.6) is 0 Å². The molecular weight excluding hydrogens is 242 g/mol. The van der Waals surface area contributed by atoms with E-state index in [1.54, 1.807) is 24.3 Å². The molecule has 0 aliphatic rings. The van der Waals surface area contributed by atoms with E-state index in [2.05, 4.69) is 5.32 Å². The molecule has 0 saturated heterocycles. The zero-order valence-corrected chi connectivity index (χ0v) is 10.3. The summed E-state index contributed by atoms with van der Waals surface area (Å²) in [5.41, 5.74) is 0.846. The van der Waals surface area contributed by atoms with E-state index in [4.69, 9.17) is 16.3 Å². The number of hydrogen-bond donors (Lipinski definition) is 1. The van der Waals surface area contributed by atoms with Crippen LogP contribution in [-0.2, 0) is 20.7 Å². The number of esters is 1. The number of carbonyl (C=O) groups excluding carboxylic acids is 2. The van der Waals surface area contributed by atoms with Crippen molar-refractivity contribution >= 4 is 23.5 Å². The maximum absolute atomic E-state index is 11.4. The van der Waals surface area contributed by atoms with Gasteiger partial charge in [-0.25, -0.2) is 0 Å². The molecule has 92 valence electrons. The molecule has 0 aliphatic heterocycles. The second-order valence-corrected chi connectivity index (χ2v) is 3.94. The van der Waals surface area contributed by atoms with Gasteiger partial charge >= 0.3 is 5.97 Å². The molecule has 0 fully saturated rings. The lowest BCUT2D eigenvalue weighted by molar-refractivity contribution is -0.143. The van der Waals surface area contributed by atoms with Crippen molar-refractivity contribution in [2.24, 2.45) is 0 Å². The second-order valence-electron chi connectivity index (χ2n) is 3.51. The molecule has 0 radical (unpaired) electrons. The van der Waals surface area contributed by atoms with Crippen molar-refractivity contribution in [3.8, 4) is 0 Å². The Morgan fingerprint density at radius 1 is 1.29 bits per heavy atom. The van der Waals surface area contributed by atoms with Crippen LogP contribution >= 0.6 is 11.6 Å². The predicted molar refractivity (Wildman–Crippen MR) is 64.8 cm³/mol. The second kappa shape index (κ2) is 6.91. The van der Waals surface area contributed by atoms with E-state index in [0.29, 0.717) is 11.6 Å². The molecule has 1 N–H and O–H groups in total. The van der Waals surface area contributed by atoms with Crippen LogP contribution in [0.4, 0.5) is 0 Å². The van der Waals surface area contributed by atoms with Crippen molar-refractivity contribution in [1.29, 1.82) is 0 Å². The standard InChI is InChI=1S/C12H14ClNO3/c1-9(15)14-6-7-17-12(16)8-10-2-4-11(13)5-3-10/h2-5H,6-8H2,1H3,(H,14,15). The van der Waals surface area contributed by atoms with Gasteiger partial charge in [0, 0.05) is 11.9 Å². The highest BCUT2D eigenvalue weighted by atomic mass is 35.5. The molecule has 1 rings (SSSR count). The van der Waals surface area contributed by atoms with E-state index in [-0.39, 0.29) is 24.9 Å². The molecule has 4 nitrogen and oxygen atoms in total. The molecule has 1 amide bonds. The third-order valence-electron chi connectivity index (χ3n) is 2.00. The molecule has 0 aromatic heterocycles. The van der Waals surface area contributed by atoms with Crippen LogP contribution in [0.25, 0.3) is 0 Å². The smallest absolute Gasteiger partial charge is 0.310 e. The Bertz CT molecular complexity index is 389. The number of nitrogens with one attached hydrogen (secondary N) is 1. The average Bonchev–Trinajstić information content (AvgIpc) is 2.27. The van der Waals surface area contributed by atoms with Crippen LogP contribution in [0.1, 0.15) is 12.5 Å². The number of ether oxygens (including phenoxy) is 1. The first-order chi connectivity index (χ1) is 8.08. The minimum atomic E-state index is -0.322. The van der Waals surface area contributed by atoms with Crippen LogP contribution < -0.4 is 5.32 Å². The van der Waals surface area contributed by atoms with Gasteiger partial charge in [-0.1, -0.05) is 23.7 Å². The summed E-state index contributed by atoms with van der Waals surface area (Å²) < 4.78 is 4.94. The number of carbonyl (C=O) groups is 2. The molecule has 0 saturated carbocycles. The van der Waals surface area contributed by atoms with Gasteiger partial charge in [-0.15, -0.1) is 0 Å². The SMILES string of the molecule is CC(=O)NCCOC(=O)Cc1ccc(Cl)cc1. The first-order valence-corrected chi connectivity index (χ1v) is 5.60. The molecule has 17 heavy (non-hydrogen) atoms. The van der Waals surface area contributed by atoms with E-state index < -0.39 is 0 Å². The molecule has 0 aliphatic carbocycles. The minimum Gasteiger partial charge on any atom is -0.464 e. The summed E-state index contributed by atoms with van der Waals surface area (Å²) in [6.45, 7) is 1.93. The van der Waals surface area contributed by atoms with Crippen molar-refractivity contribution in [3.63, 3.8) is 0 Å². The van der Waals surface area contributed by atoms with Crippen LogP contribution in [0.2, 0.25) is 5.02 Å². The fourth-order valence-electron chi connectivity index (χ4n) is 1.21. The van der Waals surface area contributed by atoms with Crippen LogP contribution in [-0.4, -0.2) is 25.0 Å². The third-order valence-corrected chi connectivity index (χ3v) is 2.25. The highest BCUT2D eigenvalue weighted by Gasteiger charge is 2.04. The maximum atomic E-state index is 11.4. The molecule has 0 bridgehead atoms. The summed E-state index contributed by atoms with van der Waals surface area (Å²) in [5.74, 6) is -0.462. The Balaban J connectivity index is 2.25. The van der Waals surface area contributed by atoms with E-state index in [1.807, 2.05) is 0 Å². The summed E-state index contributed by atoms with van der Waals surface area (Å²) in [5, 5.41) is 3.17. The molecule has 0 unspecified atom stereocenters. The summed E-state index contributed by atoms with van der Waals surface area (Å²) in [7, 11) is 0. The quantitative estimate of drug-likeness (QED) is 0.642. The van der Waals surface area contributed by atoms with Crippen molar-refractivity contribution < 1.29 is 14.3 Å². The van der Waals surface area contributed by atoms with Gasteiger partial charge in [0.1, 0.15) is 6.61 Å². The van der Waals surface area contributed by atoms with E-state index in [1.165, 1.54) is 6.92 Å². The largest absolute Gasteiger partial charge is 0.464 e. The number of benzene rings is 1. The van der Waals surface area contributed by atoms with Crippen LogP contribution in [0.3, 0.4) is 0 Å². The van der Waals surface area contributed by atoms with Gasteiger partial charge in [-0.2, -0.15) is 0 Å². The fraction of sp³-hybridized carbons (Fsp3) is 0.333. The van der Waals surface area contributed by atoms with Gasteiger partial charge in [0.05, 0.1) is 13.0 Å². The molecule has 0 heterocycles. The van der Waals surface area contributed by atoms with Crippen molar-refractivity contribution in [3.05, 3.63) is 34.9 Å². The van der Waals surface area contributed by atoms with Gasteiger partial charge < -0.3 is 10.1 Å². The first kappa shape index (κ1) is 13.5. The summed E-state index contributed by atoms with van der Waals surface area (Å²) in [6.07, 6.45) is 0.206. The van der Waals surface area contributed by atoms with E-state index >= 15 is 0 Å². The van der Waals surface area contributed by atoms with Gasteiger partial charge in [-0.05, 0) is 17.7 Å². The predicted octanol–water partition coefficient (Wildman–Crippen LogP) is 1.56. The van der Waals surface area contributed by atoms with E-state index in [0.717, 1.165) is 5.56 Å². The summed E-state index contributed by atoms with van der Waals surface area (Å²) >= 11 is 5.72. The van der Waals surface area contributed by atoms with Crippen molar-refractivity contribution in [2.75, 3.05) is 13.2 Å².